The van der Waals surface area contributed by atoms with Gasteiger partial charge in [-0.15, -0.1) is 5.10 Å². The largest absolute Gasteiger partial charge is 0.360 e. The Hall–Kier alpha value is -1.80. The Kier molecular flexibility index (Phi) is 3.79. The van der Waals surface area contributed by atoms with Crippen molar-refractivity contribution >= 4 is 23.3 Å². The lowest BCUT2D eigenvalue weighted by molar-refractivity contribution is -0.144. The number of carbonyl (C=O) groups is 2. The average Bonchev–Trinajstić information content (AvgIpc) is 3.28. The van der Waals surface area contributed by atoms with E-state index in [0.29, 0.717) is 13.1 Å². The molecule has 0 radical (unpaired) electrons. The first-order valence-corrected chi connectivity index (χ1v) is 9.63. The molecule has 8 heteroatoms. The molecule has 2 bridgehead atoms. The van der Waals surface area contributed by atoms with Crippen LogP contribution in [0.1, 0.15) is 31.3 Å². The summed E-state index contributed by atoms with van der Waals surface area (Å²) in [6, 6.07) is 0. The van der Waals surface area contributed by atoms with E-state index in [1.165, 1.54) is 11.5 Å². The summed E-state index contributed by atoms with van der Waals surface area (Å²) in [5.41, 5.74) is -0.111. The number of nitrogens with zero attached hydrogens (tertiary/aromatic N) is 4. The standard InChI is InChI=1S/C18H24N4O3S/c1-10-12(26-20-19-10)8-21(5)15(23)13-11-6-7-18(25-11)9-22(17(2,3)4)16(24)14(13)18/h6-7,11,13-14H,8-9H2,1-5H3/t11-,13?,14?,18-/m1/s1. The van der Waals surface area contributed by atoms with Crippen molar-refractivity contribution in [3.05, 3.63) is 22.7 Å². The second kappa shape index (κ2) is 5.60. The predicted molar refractivity (Wildman–Crippen MR) is 96.3 cm³/mol. The van der Waals surface area contributed by atoms with Gasteiger partial charge in [0.2, 0.25) is 11.8 Å². The van der Waals surface area contributed by atoms with Crippen LogP contribution in [-0.2, 0) is 20.9 Å². The fourth-order valence-corrected chi connectivity index (χ4v) is 4.98. The molecule has 0 aliphatic carbocycles. The molecule has 0 N–H and O–H groups in total. The summed E-state index contributed by atoms with van der Waals surface area (Å²) in [6.07, 6.45) is 3.63. The molecule has 3 aliphatic heterocycles. The second-order valence-electron chi connectivity index (χ2n) is 8.47. The zero-order valence-corrected chi connectivity index (χ0v) is 16.5. The van der Waals surface area contributed by atoms with E-state index in [9.17, 15) is 9.59 Å². The van der Waals surface area contributed by atoms with Gasteiger partial charge in [-0.05, 0) is 39.2 Å². The highest BCUT2D eigenvalue weighted by molar-refractivity contribution is 7.05. The molecule has 4 heterocycles. The first-order valence-electron chi connectivity index (χ1n) is 8.85. The highest BCUT2D eigenvalue weighted by atomic mass is 32.1. The van der Waals surface area contributed by atoms with Gasteiger partial charge in [0.05, 0.1) is 41.6 Å². The maximum absolute atomic E-state index is 13.2. The summed E-state index contributed by atoms with van der Waals surface area (Å²) in [5.74, 6) is -0.937. The Labute approximate surface area is 157 Å². The van der Waals surface area contributed by atoms with Crippen LogP contribution in [-0.4, -0.2) is 62.0 Å². The van der Waals surface area contributed by atoms with Gasteiger partial charge in [-0.2, -0.15) is 0 Å². The van der Waals surface area contributed by atoms with Crippen molar-refractivity contribution in [1.82, 2.24) is 19.4 Å². The lowest BCUT2D eigenvalue weighted by atomic mass is 9.76. The molecule has 4 rings (SSSR count). The molecule has 0 saturated carbocycles. The first kappa shape index (κ1) is 17.6. The normalized spacial score (nSPS) is 32.4. The number of ether oxygens (including phenoxy) is 1. The van der Waals surface area contributed by atoms with Crippen molar-refractivity contribution in [2.24, 2.45) is 11.8 Å². The van der Waals surface area contributed by atoms with E-state index in [1.807, 2.05) is 44.7 Å². The Morgan fingerprint density at radius 2 is 2.23 bits per heavy atom. The molecule has 3 aliphatic rings. The monoisotopic (exact) mass is 376 g/mol. The molecule has 1 aromatic heterocycles. The van der Waals surface area contributed by atoms with Crippen LogP contribution in [0.25, 0.3) is 0 Å². The summed E-state index contributed by atoms with van der Waals surface area (Å²) >= 11 is 1.30. The highest BCUT2D eigenvalue weighted by Gasteiger charge is 2.68. The highest BCUT2D eigenvalue weighted by Crippen LogP contribution is 2.53. The summed E-state index contributed by atoms with van der Waals surface area (Å²) in [6.45, 7) is 8.89. The Morgan fingerprint density at radius 3 is 2.85 bits per heavy atom. The van der Waals surface area contributed by atoms with E-state index in [2.05, 4.69) is 9.59 Å². The molecule has 7 nitrogen and oxygen atoms in total. The van der Waals surface area contributed by atoms with Crippen molar-refractivity contribution in [2.45, 2.75) is 51.5 Å². The van der Waals surface area contributed by atoms with Crippen LogP contribution in [0.15, 0.2) is 12.2 Å². The number of rotatable bonds is 3. The zero-order chi connectivity index (χ0) is 18.9. The Bertz CT molecular complexity index is 799. The summed E-state index contributed by atoms with van der Waals surface area (Å²) < 4.78 is 10.1. The van der Waals surface area contributed by atoms with E-state index >= 15 is 0 Å². The van der Waals surface area contributed by atoms with Crippen LogP contribution < -0.4 is 0 Å². The molecule has 2 fully saturated rings. The smallest absolute Gasteiger partial charge is 0.230 e. The third kappa shape index (κ3) is 2.42. The van der Waals surface area contributed by atoms with Crippen LogP contribution in [0.3, 0.4) is 0 Å². The van der Waals surface area contributed by atoms with Crippen LogP contribution in [0.2, 0.25) is 0 Å². The topological polar surface area (TPSA) is 75.6 Å². The maximum Gasteiger partial charge on any atom is 0.230 e. The number of hydrogen-bond donors (Lipinski definition) is 0. The second-order valence-corrected chi connectivity index (χ2v) is 9.31. The third-order valence-corrected chi connectivity index (χ3v) is 6.51. The van der Waals surface area contributed by atoms with Gasteiger partial charge in [-0.25, -0.2) is 0 Å². The van der Waals surface area contributed by atoms with Crippen molar-refractivity contribution in [3.8, 4) is 0 Å². The van der Waals surface area contributed by atoms with Crippen molar-refractivity contribution in [1.29, 1.82) is 0 Å². The third-order valence-electron chi connectivity index (χ3n) is 5.70. The molecular weight excluding hydrogens is 352 g/mol. The zero-order valence-electron chi connectivity index (χ0n) is 15.7. The van der Waals surface area contributed by atoms with Crippen LogP contribution in [0.4, 0.5) is 0 Å². The van der Waals surface area contributed by atoms with Gasteiger partial charge in [-0.1, -0.05) is 16.6 Å². The van der Waals surface area contributed by atoms with Gasteiger partial charge < -0.3 is 14.5 Å². The van der Waals surface area contributed by atoms with Crippen LogP contribution >= 0.6 is 11.5 Å². The predicted octanol–water partition coefficient (Wildman–Crippen LogP) is 1.39. The number of fused-ring (bicyclic) bond motifs is 1. The molecule has 4 atom stereocenters. The molecule has 140 valence electrons. The maximum atomic E-state index is 13.2. The Balaban J connectivity index is 1.59. The minimum Gasteiger partial charge on any atom is -0.360 e. The number of likely N-dealkylation sites (tertiary alicyclic amines) is 1. The van der Waals surface area contributed by atoms with E-state index in [1.54, 1.807) is 11.9 Å². The molecule has 2 amide bonds. The first-order chi connectivity index (χ1) is 12.1. The fourth-order valence-electron chi connectivity index (χ4n) is 4.29. The summed E-state index contributed by atoms with van der Waals surface area (Å²) in [7, 11) is 1.77. The minimum atomic E-state index is -0.655. The van der Waals surface area contributed by atoms with E-state index in [-0.39, 0.29) is 23.5 Å². The van der Waals surface area contributed by atoms with E-state index < -0.39 is 17.4 Å². The minimum absolute atomic E-state index is 0.0201. The van der Waals surface area contributed by atoms with Gasteiger partial charge in [0, 0.05) is 12.6 Å². The quantitative estimate of drug-likeness (QED) is 0.745. The molecule has 0 aromatic carbocycles. The van der Waals surface area contributed by atoms with Gasteiger partial charge in [-0.3, -0.25) is 9.59 Å². The van der Waals surface area contributed by atoms with Gasteiger partial charge >= 0.3 is 0 Å². The number of hydrogen-bond acceptors (Lipinski definition) is 6. The van der Waals surface area contributed by atoms with Crippen LogP contribution in [0.5, 0.6) is 0 Å². The van der Waals surface area contributed by atoms with E-state index in [0.717, 1.165) is 10.6 Å². The number of amides is 2. The lowest BCUT2D eigenvalue weighted by Crippen LogP contribution is -2.47. The molecule has 26 heavy (non-hydrogen) atoms. The van der Waals surface area contributed by atoms with E-state index in [4.69, 9.17) is 4.74 Å². The van der Waals surface area contributed by atoms with Crippen molar-refractivity contribution < 1.29 is 14.3 Å². The number of aromatic nitrogens is 2. The van der Waals surface area contributed by atoms with Gasteiger partial charge in [0.15, 0.2) is 0 Å². The SMILES string of the molecule is Cc1nnsc1CN(C)C(=O)C1C2C(=O)N(C(C)(C)C)C[C@]23C=C[C@H]1O3. The van der Waals surface area contributed by atoms with Crippen molar-refractivity contribution in [3.63, 3.8) is 0 Å². The molecule has 2 unspecified atom stereocenters. The average molecular weight is 376 g/mol. The van der Waals surface area contributed by atoms with Gasteiger partial charge in [0.25, 0.3) is 0 Å². The van der Waals surface area contributed by atoms with Gasteiger partial charge in [0.1, 0.15) is 5.60 Å². The van der Waals surface area contributed by atoms with Crippen LogP contribution in [0, 0.1) is 18.8 Å². The molecule has 2 saturated heterocycles. The molecular formula is C18H24N4O3S. The fraction of sp³-hybridized carbons (Fsp3) is 0.667. The number of aryl methyl sites for hydroxylation is 1. The lowest BCUT2D eigenvalue weighted by Gasteiger charge is -2.34. The number of carbonyl (C=O) groups excluding carboxylic acids is 2. The summed E-state index contributed by atoms with van der Waals surface area (Å²) in [4.78, 5) is 30.9. The molecule has 1 spiro atoms. The summed E-state index contributed by atoms with van der Waals surface area (Å²) in [5, 5.41) is 4.00. The molecule has 1 aromatic rings. The van der Waals surface area contributed by atoms with Crippen molar-refractivity contribution in [2.75, 3.05) is 13.6 Å². The Morgan fingerprint density at radius 1 is 1.50 bits per heavy atom.